The van der Waals surface area contributed by atoms with Crippen LogP contribution in [0.25, 0.3) is 0 Å². The van der Waals surface area contributed by atoms with Crippen molar-refractivity contribution < 1.29 is 23.9 Å². The predicted molar refractivity (Wildman–Crippen MR) is 201 cm³/mol. The summed E-state index contributed by atoms with van der Waals surface area (Å²) in [5.74, 6) is -0.122. The van der Waals surface area contributed by atoms with Crippen LogP contribution in [0.3, 0.4) is 0 Å². The molecule has 0 radical (unpaired) electrons. The molecule has 3 unspecified atom stereocenters. The quantitative estimate of drug-likeness (QED) is 0.165. The van der Waals surface area contributed by atoms with Crippen LogP contribution in [0.5, 0.6) is 0 Å². The Hall–Kier alpha value is -3.31. The number of likely N-dealkylation sites (tertiary alicyclic amines) is 1. The molecule has 1 fully saturated rings. The second-order valence-corrected chi connectivity index (χ2v) is 21.7. The van der Waals surface area contributed by atoms with Gasteiger partial charge in [0.2, 0.25) is 0 Å². The van der Waals surface area contributed by atoms with E-state index in [4.69, 9.17) is 20.8 Å². The summed E-state index contributed by atoms with van der Waals surface area (Å²) in [7, 11) is -0.539. The van der Waals surface area contributed by atoms with Gasteiger partial charge in [0, 0.05) is 54.9 Å². The maximum atomic E-state index is 14.0. The first-order valence-electron chi connectivity index (χ1n) is 17.4. The number of aromatic nitrogens is 2. The van der Waals surface area contributed by atoms with Crippen LogP contribution in [0.4, 0.5) is 4.79 Å². The predicted octanol–water partition coefficient (Wildman–Crippen LogP) is 8.70. The zero-order valence-electron chi connectivity index (χ0n) is 31.6. The van der Waals surface area contributed by atoms with Crippen molar-refractivity contribution in [2.24, 2.45) is 0 Å². The number of carbonyl (C=O) groups excluding carboxylic acids is 2. The smallest absolute Gasteiger partial charge is 0.410 e. The molecular formula is C39H55ClN4O5Si. The summed E-state index contributed by atoms with van der Waals surface area (Å²) < 4.78 is 13.1. The van der Waals surface area contributed by atoms with E-state index in [0.29, 0.717) is 29.2 Å². The van der Waals surface area contributed by atoms with E-state index < -0.39 is 25.6 Å². The second-order valence-electron chi connectivity index (χ2n) is 16.6. The van der Waals surface area contributed by atoms with E-state index in [-0.39, 0.29) is 29.1 Å². The number of halogens is 1. The molecule has 1 aromatic carbocycles. The van der Waals surface area contributed by atoms with Crippen LogP contribution in [-0.4, -0.2) is 69.9 Å². The van der Waals surface area contributed by atoms with E-state index in [9.17, 15) is 14.7 Å². The van der Waals surface area contributed by atoms with Crippen molar-refractivity contribution in [3.05, 3.63) is 94.0 Å². The first-order valence-corrected chi connectivity index (χ1v) is 20.7. The summed E-state index contributed by atoms with van der Waals surface area (Å²) >= 11 is 6.19. The number of amides is 2. The van der Waals surface area contributed by atoms with Gasteiger partial charge in [-0.1, -0.05) is 50.6 Å². The van der Waals surface area contributed by atoms with Gasteiger partial charge in [0.25, 0.3) is 5.91 Å². The van der Waals surface area contributed by atoms with Crippen LogP contribution >= 0.6 is 11.6 Å². The van der Waals surface area contributed by atoms with Gasteiger partial charge in [-0.05, 0) is 107 Å². The molecule has 2 amide bonds. The first-order chi connectivity index (χ1) is 23.1. The zero-order chi connectivity index (χ0) is 37.2. The highest BCUT2D eigenvalue weighted by Crippen LogP contribution is 2.44. The minimum atomic E-state index is -2.29. The largest absolute Gasteiger partial charge is 0.444 e. The van der Waals surface area contributed by atoms with Gasteiger partial charge in [0.05, 0.1) is 17.7 Å². The maximum Gasteiger partial charge on any atom is 0.410 e. The number of benzene rings is 1. The third-order valence-electron chi connectivity index (χ3n) is 9.75. The van der Waals surface area contributed by atoms with Crippen molar-refractivity contribution in [2.45, 2.75) is 129 Å². The summed E-state index contributed by atoms with van der Waals surface area (Å²) in [6.45, 7) is 20.5. The van der Waals surface area contributed by atoms with Crippen LogP contribution in [0, 0.1) is 0 Å². The van der Waals surface area contributed by atoms with E-state index in [1.807, 2.05) is 62.1 Å². The molecule has 0 bridgehead atoms. The lowest BCUT2D eigenvalue weighted by molar-refractivity contribution is -0.00244. The van der Waals surface area contributed by atoms with Crippen molar-refractivity contribution in [1.82, 2.24) is 19.8 Å². The number of nitrogens with zero attached hydrogens (tertiary/aromatic N) is 4. The molecule has 1 aliphatic heterocycles. The molecule has 2 aromatic heterocycles. The number of hydrogen-bond acceptors (Lipinski definition) is 7. The maximum absolute atomic E-state index is 14.0. The molecule has 9 nitrogen and oxygen atoms in total. The molecule has 3 aromatic rings. The number of rotatable bonds is 10. The lowest BCUT2D eigenvalue weighted by Gasteiger charge is -2.43. The number of hydrogen-bond donors (Lipinski definition) is 1. The molecule has 0 saturated carbocycles. The van der Waals surface area contributed by atoms with E-state index in [1.54, 1.807) is 50.5 Å². The number of pyridine rings is 2. The van der Waals surface area contributed by atoms with E-state index in [2.05, 4.69) is 43.8 Å². The van der Waals surface area contributed by atoms with Gasteiger partial charge in [-0.3, -0.25) is 14.7 Å². The van der Waals surface area contributed by atoms with Crippen molar-refractivity contribution in [1.29, 1.82) is 0 Å². The fourth-order valence-electron chi connectivity index (χ4n) is 5.96. The fourth-order valence-corrected chi connectivity index (χ4v) is 7.35. The van der Waals surface area contributed by atoms with Crippen LogP contribution in [0.15, 0.2) is 61.1 Å². The number of carbonyl (C=O) groups is 2. The Balaban J connectivity index is 1.58. The third-order valence-corrected chi connectivity index (χ3v) is 14.4. The molecular weight excluding hydrogens is 668 g/mol. The van der Waals surface area contributed by atoms with Crippen molar-refractivity contribution in [3.8, 4) is 0 Å². The monoisotopic (exact) mass is 722 g/mol. The molecule has 11 heteroatoms. The van der Waals surface area contributed by atoms with Crippen molar-refractivity contribution in [3.63, 3.8) is 0 Å². The van der Waals surface area contributed by atoms with Crippen LogP contribution in [0.1, 0.15) is 107 Å². The highest BCUT2D eigenvalue weighted by Gasteiger charge is 2.48. The standard InChI is InChI=1S/C39H55ClN4O5Si/c1-37(2,3)48-36(46)44-31(17-18-32(44)34(29-16-19-33(40)42-23-29)49-50(10,11)38(4,5)6)21-26-12-14-28(15-13-26)35(45)43(9)25-27-20-30(24-41-22-27)39(7,8)47/h12-16,19-20,22-24,31-32,34,47H,17-18,21,25H2,1-11H3. The molecule has 1 N–H and O–H groups in total. The molecule has 50 heavy (non-hydrogen) atoms. The average Bonchev–Trinajstić information content (AvgIpc) is 3.42. The van der Waals surface area contributed by atoms with Gasteiger partial charge in [-0.2, -0.15) is 0 Å². The molecule has 4 rings (SSSR count). The van der Waals surface area contributed by atoms with Gasteiger partial charge in [-0.25, -0.2) is 9.78 Å². The Labute approximate surface area is 304 Å². The van der Waals surface area contributed by atoms with Gasteiger partial charge < -0.3 is 19.2 Å². The highest BCUT2D eigenvalue weighted by molar-refractivity contribution is 6.74. The minimum Gasteiger partial charge on any atom is -0.444 e. The first kappa shape index (κ1) is 39.5. The van der Waals surface area contributed by atoms with Crippen LogP contribution in [0.2, 0.25) is 23.3 Å². The van der Waals surface area contributed by atoms with Gasteiger partial charge in [-0.15, -0.1) is 0 Å². The SMILES string of the molecule is CN(Cc1cncc(C(C)(C)O)c1)C(=O)c1ccc(CC2CCC(C(O[Si](C)(C)C(C)(C)C)c3ccc(Cl)nc3)N2C(=O)OC(C)(C)C)cc1. The summed E-state index contributed by atoms with van der Waals surface area (Å²) in [4.78, 5) is 39.6. The zero-order valence-corrected chi connectivity index (χ0v) is 33.3. The molecule has 272 valence electrons. The van der Waals surface area contributed by atoms with E-state index >= 15 is 0 Å². The molecule has 1 saturated heterocycles. The minimum absolute atomic E-state index is 0.0512. The second kappa shape index (κ2) is 15.1. The van der Waals surface area contributed by atoms with Crippen LogP contribution in [-0.2, 0) is 27.7 Å². The summed E-state index contributed by atoms with van der Waals surface area (Å²) in [5, 5.41) is 10.7. The van der Waals surface area contributed by atoms with Gasteiger partial charge in [0.15, 0.2) is 8.32 Å². The molecule has 3 atom stereocenters. The fraction of sp³-hybridized carbons (Fsp3) is 0.538. The Morgan fingerprint density at radius 1 is 0.980 bits per heavy atom. The average molecular weight is 723 g/mol. The summed E-state index contributed by atoms with van der Waals surface area (Å²) in [5.41, 5.74) is 2.29. The Morgan fingerprint density at radius 2 is 1.64 bits per heavy atom. The van der Waals surface area contributed by atoms with Gasteiger partial charge in [0.1, 0.15) is 10.8 Å². The number of aliphatic hydroxyl groups is 1. The summed E-state index contributed by atoms with van der Waals surface area (Å²) in [6, 6.07) is 12.8. The Kier molecular flexibility index (Phi) is 11.9. The molecule has 0 aliphatic carbocycles. The van der Waals surface area contributed by atoms with Crippen molar-refractivity contribution in [2.75, 3.05) is 7.05 Å². The summed E-state index contributed by atoms with van der Waals surface area (Å²) in [6.07, 6.45) is 6.42. The highest BCUT2D eigenvalue weighted by atomic mass is 35.5. The van der Waals surface area contributed by atoms with Gasteiger partial charge >= 0.3 is 6.09 Å². The van der Waals surface area contributed by atoms with Crippen molar-refractivity contribution >= 4 is 31.9 Å². The van der Waals surface area contributed by atoms with E-state index in [1.165, 1.54) is 0 Å². The van der Waals surface area contributed by atoms with E-state index in [0.717, 1.165) is 29.5 Å². The number of ether oxygens (including phenoxy) is 1. The Bertz CT molecular complexity index is 1630. The molecule has 3 heterocycles. The Morgan fingerprint density at radius 3 is 2.20 bits per heavy atom. The molecule has 0 spiro atoms. The lowest BCUT2D eigenvalue weighted by Crippen LogP contribution is -2.50. The topological polar surface area (TPSA) is 105 Å². The molecule has 1 aliphatic rings. The third kappa shape index (κ3) is 9.93. The normalized spacial score (nSPS) is 17.8. The lowest BCUT2D eigenvalue weighted by atomic mass is 9.99. The van der Waals surface area contributed by atoms with Crippen LogP contribution < -0.4 is 0 Å².